The zero-order valence-electron chi connectivity index (χ0n) is 18.6. The van der Waals surface area contributed by atoms with Crippen molar-refractivity contribution < 1.29 is 9.53 Å². The van der Waals surface area contributed by atoms with E-state index in [1.54, 1.807) is 6.08 Å². The number of rotatable bonds is 6. The number of nitriles is 1. The summed E-state index contributed by atoms with van der Waals surface area (Å²) in [5.41, 5.74) is 6.37. The van der Waals surface area contributed by atoms with E-state index >= 15 is 0 Å². The highest BCUT2D eigenvalue weighted by molar-refractivity contribution is 6.30. The van der Waals surface area contributed by atoms with Gasteiger partial charge >= 0.3 is 0 Å². The zero-order chi connectivity index (χ0) is 23.3. The van der Waals surface area contributed by atoms with Gasteiger partial charge in [-0.3, -0.25) is 4.79 Å². The number of benzene rings is 3. The van der Waals surface area contributed by atoms with Crippen molar-refractivity contribution in [1.29, 1.82) is 5.26 Å². The van der Waals surface area contributed by atoms with Gasteiger partial charge in [-0.15, -0.1) is 0 Å². The Kier molecular flexibility index (Phi) is 7.35. The van der Waals surface area contributed by atoms with Crippen LogP contribution in [0.3, 0.4) is 0 Å². The molecule has 0 aliphatic rings. The molecule has 0 aliphatic heterocycles. The summed E-state index contributed by atoms with van der Waals surface area (Å²) in [6.07, 6.45) is 1.60. The second-order valence-corrected chi connectivity index (χ2v) is 8.28. The molecule has 0 unspecified atom stereocenters. The van der Waals surface area contributed by atoms with E-state index < -0.39 is 5.91 Å². The minimum atomic E-state index is -0.431. The van der Waals surface area contributed by atoms with E-state index in [2.05, 4.69) is 5.32 Å². The number of hydrogen-bond acceptors (Lipinski definition) is 3. The van der Waals surface area contributed by atoms with Crippen LogP contribution in [0.4, 0.5) is 5.69 Å². The number of ether oxygens (including phenoxy) is 1. The van der Waals surface area contributed by atoms with Crippen molar-refractivity contribution in [3.05, 3.63) is 98.6 Å². The molecular formula is C27H25ClN2O2. The number of nitrogens with one attached hydrogen (secondary N) is 1. The smallest absolute Gasteiger partial charge is 0.266 e. The first kappa shape index (κ1) is 23.1. The third-order valence-electron chi connectivity index (χ3n) is 5.10. The van der Waals surface area contributed by atoms with Crippen LogP contribution in [0.1, 0.15) is 33.4 Å². The Balaban J connectivity index is 1.78. The lowest BCUT2D eigenvalue weighted by atomic mass is 10.0. The molecule has 1 amide bonds. The van der Waals surface area contributed by atoms with Crippen LogP contribution in [0.25, 0.3) is 6.08 Å². The second kappa shape index (κ2) is 10.2. The molecule has 0 fully saturated rings. The highest BCUT2D eigenvalue weighted by atomic mass is 35.5. The Morgan fingerprint density at radius 3 is 2.28 bits per heavy atom. The van der Waals surface area contributed by atoms with E-state index in [0.29, 0.717) is 17.3 Å². The van der Waals surface area contributed by atoms with Crippen LogP contribution in [-0.2, 0) is 11.4 Å². The summed E-state index contributed by atoms with van der Waals surface area (Å²) < 4.78 is 6.02. The van der Waals surface area contributed by atoms with Gasteiger partial charge < -0.3 is 10.1 Å². The number of carbonyl (C=O) groups is 1. The Morgan fingerprint density at radius 1 is 1.00 bits per heavy atom. The van der Waals surface area contributed by atoms with Gasteiger partial charge in [-0.2, -0.15) is 5.26 Å². The lowest BCUT2D eigenvalue weighted by molar-refractivity contribution is -0.112. The van der Waals surface area contributed by atoms with Gasteiger partial charge in [0.2, 0.25) is 0 Å². The monoisotopic (exact) mass is 444 g/mol. The number of carbonyl (C=O) groups excluding carboxylic acids is 1. The summed E-state index contributed by atoms with van der Waals surface area (Å²) in [7, 11) is 0. The number of amides is 1. The van der Waals surface area contributed by atoms with Crippen molar-refractivity contribution in [3.8, 4) is 11.8 Å². The number of nitrogens with zero attached hydrogens (tertiary/aromatic N) is 1. The van der Waals surface area contributed by atoms with E-state index in [1.165, 1.54) is 0 Å². The normalized spacial score (nSPS) is 11.1. The molecular weight excluding hydrogens is 420 g/mol. The van der Waals surface area contributed by atoms with Crippen molar-refractivity contribution in [2.45, 2.75) is 34.3 Å². The maximum absolute atomic E-state index is 12.7. The van der Waals surface area contributed by atoms with E-state index in [1.807, 2.05) is 88.4 Å². The van der Waals surface area contributed by atoms with E-state index in [9.17, 15) is 10.1 Å². The largest absolute Gasteiger partial charge is 0.488 e. The molecule has 32 heavy (non-hydrogen) atoms. The number of aryl methyl sites for hydroxylation is 4. The van der Waals surface area contributed by atoms with Crippen molar-refractivity contribution in [3.63, 3.8) is 0 Å². The van der Waals surface area contributed by atoms with Crippen LogP contribution in [-0.4, -0.2) is 5.91 Å². The third kappa shape index (κ3) is 5.78. The van der Waals surface area contributed by atoms with Crippen molar-refractivity contribution in [1.82, 2.24) is 0 Å². The maximum Gasteiger partial charge on any atom is 0.266 e. The molecule has 1 N–H and O–H groups in total. The number of halogens is 1. The lowest BCUT2D eigenvalue weighted by Crippen LogP contribution is -2.14. The fourth-order valence-electron chi connectivity index (χ4n) is 3.41. The lowest BCUT2D eigenvalue weighted by Gasteiger charge is -2.14. The van der Waals surface area contributed by atoms with Crippen molar-refractivity contribution >= 4 is 29.3 Å². The zero-order valence-corrected chi connectivity index (χ0v) is 19.4. The Bertz CT molecular complexity index is 1200. The molecule has 0 radical (unpaired) electrons. The number of hydrogen-bond donors (Lipinski definition) is 1. The van der Waals surface area contributed by atoms with E-state index in [0.717, 1.165) is 39.1 Å². The maximum atomic E-state index is 12.7. The molecule has 0 bridgehead atoms. The van der Waals surface area contributed by atoms with Gasteiger partial charge in [0.1, 0.15) is 24.0 Å². The van der Waals surface area contributed by atoms with Gasteiger partial charge in [-0.1, -0.05) is 35.9 Å². The quantitative estimate of drug-likeness (QED) is 0.340. The molecule has 0 saturated carbocycles. The average Bonchev–Trinajstić information content (AvgIpc) is 2.75. The molecule has 0 spiro atoms. The molecule has 0 aromatic heterocycles. The highest BCUT2D eigenvalue weighted by Gasteiger charge is 2.13. The van der Waals surface area contributed by atoms with Crippen LogP contribution >= 0.6 is 11.6 Å². The van der Waals surface area contributed by atoms with Gasteiger partial charge in [0, 0.05) is 10.7 Å². The summed E-state index contributed by atoms with van der Waals surface area (Å²) in [6, 6.07) is 19.2. The molecule has 5 heteroatoms. The molecule has 3 aromatic rings. The summed E-state index contributed by atoms with van der Waals surface area (Å²) in [6.45, 7) is 8.20. The summed E-state index contributed by atoms with van der Waals surface area (Å²) in [5, 5.41) is 13.1. The first-order valence-corrected chi connectivity index (χ1v) is 10.6. The van der Waals surface area contributed by atoms with Gasteiger partial charge in [0.25, 0.3) is 5.91 Å². The topological polar surface area (TPSA) is 62.1 Å². The SMILES string of the molecule is Cc1ccc(C)c(NC(=O)/C(C#N)=C/c2cc(C)c(OCc3ccc(Cl)cc3)c(C)c2)c1. The molecule has 162 valence electrons. The fraction of sp³-hybridized carbons (Fsp3) is 0.185. The number of anilines is 1. The summed E-state index contributed by atoms with van der Waals surface area (Å²) >= 11 is 5.93. The fourth-order valence-corrected chi connectivity index (χ4v) is 3.53. The molecule has 4 nitrogen and oxygen atoms in total. The first-order valence-electron chi connectivity index (χ1n) is 10.3. The minimum absolute atomic E-state index is 0.0412. The molecule has 0 aliphatic carbocycles. The molecule has 3 rings (SSSR count). The molecule has 0 heterocycles. The van der Waals surface area contributed by atoms with Crippen LogP contribution in [0, 0.1) is 39.0 Å². The second-order valence-electron chi connectivity index (χ2n) is 7.84. The van der Waals surface area contributed by atoms with Crippen LogP contribution < -0.4 is 10.1 Å². The molecule has 0 atom stereocenters. The predicted molar refractivity (Wildman–Crippen MR) is 130 cm³/mol. The van der Waals surface area contributed by atoms with E-state index in [-0.39, 0.29) is 5.57 Å². The van der Waals surface area contributed by atoms with E-state index in [4.69, 9.17) is 16.3 Å². The minimum Gasteiger partial charge on any atom is -0.488 e. The van der Waals surface area contributed by atoms with Crippen molar-refractivity contribution in [2.24, 2.45) is 0 Å². The third-order valence-corrected chi connectivity index (χ3v) is 5.35. The highest BCUT2D eigenvalue weighted by Crippen LogP contribution is 2.27. The van der Waals surface area contributed by atoms with Crippen LogP contribution in [0.15, 0.2) is 60.2 Å². The average molecular weight is 445 g/mol. The molecule has 3 aromatic carbocycles. The van der Waals surface area contributed by atoms with Gasteiger partial charge in [0.15, 0.2) is 0 Å². The van der Waals surface area contributed by atoms with Crippen LogP contribution in [0.5, 0.6) is 5.75 Å². The molecule has 0 saturated heterocycles. The standard InChI is InChI=1S/C27H25ClN2O2/c1-17-5-6-18(2)25(11-17)30-27(31)23(15-29)14-22-12-19(3)26(20(4)13-22)32-16-21-7-9-24(28)10-8-21/h5-14H,16H2,1-4H3,(H,30,31)/b23-14+. The first-order chi connectivity index (χ1) is 15.3. The van der Waals surface area contributed by atoms with Crippen LogP contribution in [0.2, 0.25) is 5.02 Å². The summed E-state index contributed by atoms with van der Waals surface area (Å²) in [5.74, 6) is 0.356. The van der Waals surface area contributed by atoms with Gasteiger partial charge in [-0.25, -0.2) is 0 Å². The van der Waals surface area contributed by atoms with Crippen molar-refractivity contribution in [2.75, 3.05) is 5.32 Å². The Morgan fingerprint density at radius 2 is 1.66 bits per heavy atom. The Labute approximate surface area is 194 Å². The Hall–Kier alpha value is -3.55. The van der Waals surface area contributed by atoms with Gasteiger partial charge in [0.05, 0.1) is 0 Å². The van der Waals surface area contributed by atoms with Gasteiger partial charge in [-0.05, 0) is 97.5 Å². The summed E-state index contributed by atoms with van der Waals surface area (Å²) in [4.78, 5) is 12.7. The predicted octanol–water partition coefficient (Wildman–Crippen LogP) is 6.70.